The van der Waals surface area contributed by atoms with Gasteiger partial charge in [0, 0.05) is 29.3 Å². The highest BCUT2D eigenvalue weighted by molar-refractivity contribution is 5.91. The van der Waals surface area contributed by atoms with E-state index in [1.807, 2.05) is 24.3 Å². The Morgan fingerprint density at radius 2 is 2.12 bits per heavy atom. The smallest absolute Gasteiger partial charge is 0.414 e. The average Bonchev–Trinajstić information content (AvgIpc) is 3.31. The van der Waals surface area contributed by atoms with E-state index in [9.17, 15) is 14.7 Å². The van der Waals surface area contributed by atoms with Crippen molar-refractivity contribution in [3.05, 3.63) is 53.6 Å². The second-order valence-electron chi connectivity index (χ2n) is 8.14. The third-order valence-electron chi connectivity index (χ3n) is 5.88. The quantitative estimate of drug-likeness (QED) is 0.651. The molecular formula is C24H23N3O5. The van der Waals surface area contributed by atoms with Crippen molar-refractivity contribution in [1.82, 2.24) is 10.5 Å². The van der Waals surface area contributed by atoms with E-state index in [-0.39, 0.29) is 18.2 Å². The number of rotatable bonds is 4. The number of aryl methyl sites for hydroxylation is 1. The Morgan fingerprint density at radius 1 is 1.25 bits per heavy atom. The maximum atomic E-state index is 12.5. The molecule has 8 nitrogen and oxygen atoms in total. The number of anilines is 1. The van der Waals surface area contributed by atoms with Crippen molar-refractivity contribution in [3.63, 3.8) is 0 Å². The van der Waals surface area contributed by atoms with Crippen molar-refractivity contribution in [2.24, 2.45) is 0 Å². The van der Waals surface area contributed by atoms with Crippen LogP contribution >= 0.6 is 0 Å². The number of hydrogen-bond donors (Lipinski definition) is 2. The van der Waals surface area contributed by atoms with E-state index in [4.69, 9.17) is 9.26 Å². The second kappa shape index (κ2) is 8.03. The van der Waals surface area contributed by atoms with Gasteiger partial charge in [0.05, 0.1) is 13.1 Å². The number of carbonyl (C=O) groups excluding carboxylic acids is 2. The molecule has 1 aliphatic carbocycles. The van der Waals surface area contributed by atoms with Crippen molar-refractivity contribution < 1.29 is 24.0 Å². The van der Waals surface area contributed by atoms with Crippen molar-refractivity contribution in [1.29, 1.82) is 0 Å². The molecule has 2 amide bonds. The highest BCUT2D eigenvalue weighted by Crippen LogP contribution is 2.40. The van der Waals surface area contributed by atoms with Crippen LogP contribution in [0.15, 0.2) is 47.0 Å². The number of nitrogens with one attached hydrogen (secondary N) is 1. The molecule has 1 atom stereocenters. The van der Waals surface area contributed by atoms with Crippen LogP contribution < -0.4 is 10.2 Å². The van der Waals surface area contributed by atoms with E-state index >= 15 is 0 Å². The first kappa shape index (κ1) is 20.1. The molecule has 0 spiro atoms. The van der Waals surface area contributed by atoms with Gasteiger partial charge in [-0.15, -0.1) is 0 Å². The largest absolute Gasteiger partial charge is 0.508 e. The molecule has 1 fully saturated rings. The topological polar surface area (TPSA) is 105 Å². The summed E-state index contributed by atoms with van der Waals surface area (Å²) in [4.78, 5) is 25.2. The van der Waals surface area contributed by atoms with Gasteiger partial charge in [0.25, 0.3) is 0 Å². The van der Waals surface area contributed by atoms with Crippen LogP contribution in [-0.2, 0) is 22.4 Å². The van der Waals surface area contributed by atoms with E-state index in [2.05, 4.69) is 10.5 Å². The Labute approximate surface area is 184 Å². The number of nitrogens with zero attached hydrogens (tertiary/aromatic N) is 2. The molecule has 2 aliphatic rings. The summed E-state index contributed by atoms with van der Waals surface area (Å²) in [6.07, 6.45) is 1.79. The lowest BCUT2D eigenvalue weighted by atomic mass is 9.99. The van der Waals surface area contributed by atoms with E-state index in [0.29, 0.717) is 18.0 Å². The van der Waals surface area contributed by atoms with E-state index in [1.54, 1.807) is 23.1 Å². The van der Waals surface area contributed by atoms with Gasteiger partial charge in [0.2, 0.25) is 5.91 Å². The first-order chi connectivity index (χ1) is 15.5. The van der Waals surface area contributed by atoms with Gasteiger partial charge in [0.15, 0.2) is 5.76 Å². The Bertz CT molecular complexity index is 1200. The third kappa shape index (κ3) is 3.68. The van der Waals surface area contributed by atoms with Crippen LogP contribution in [0.25, 0.3) is 22.6 Å². The lowest BCUT2D eigenvalue weighted by molar-refractivity contribution is -0.119. The lowest BCUT2D eigenvalue weighted by Gasteiger charge is -2.15. The van der Waals surface area contributed by atoms with Crippen molar-refractivity contribution in [2.75, 3.05) is 18.0 Å². The average molecular weight is 433 g/mol. The number of hydrogen-bond acceptors (Lipinski definition) is 6. The maximum absolute atomic E-state index is 12.5. The van der Waals surface area contributed by atoms with Gasteiger partial charge in [-0.2, -0.15) is 0 Å². The Hall–Kier alpha value is -3.81. The fourth-order valence-corrected chi connectivity index (χ4v) is 4.35. The van der Waals surface area contributed by atoms with Crippen LogP contribution in [0, 0.1) is 0 Å². The summed E-state index contributed by atoms with van der Waals surface area (Å²) in [5, 5.41) is 16.9. The third-order valence-corrected chi connectivity index (χ3v) is 5.88. The number of fused-ring (bicyclic) bond motifs is 3. The molecule has 32 heavy (non-hydrogen) atoms. The number of benzene rings is 2. The molecule has 2 heterocycles. The van der Waals surface area contributed by atoms with Crippen molar-refractivity contribution >= 4 is 17.7 Å². The predicted molar refractivity (Wildman–Crippen MR) is 117 cm³/mol. The number of aromatic nitrogens is 1. The van der Waals surface area contributed by atoms with Crippen LogP contribution in [0.3, 0.4) is 0 Å². The molecule has 2 aromatic carbocycles. The first-order valence-corrected chi connectivity index (χ1v) is 10.6. The van der Waals surface area contributed by atoms with Gasteiger partial charge in [-0.3, -0.25) is 9.69 Å². The fraction of sp³-hybridized carbons (Fsp3) is 0.292. The SMILES string of the molecule is CC(=O)NCC1CN(c2ccc3c(c2)-c2onc(-c4cccc(O)c4)c2CCC3)C(=O)O1. The van der Waals surface area contributed by atoms with Gasteiger partial charge in [-0.05, 0) is 49.1 Å². The zero-order valence-corrected chi connectivity index (χ0v) is 17.6. The Morgan fingerprint density at radius 3 is 2.94 bits per heavy atom. The summed E-state index contributed by atoms with van der Waals surface area (Å²) in [6, 6.07) is 12.9. The molecule has 164 valence electrons. The number of aromatic hydroxyl groups is 1. The monoisotopic (exact) mass is 433 g/mol. The van der Waals surface area contributed by atoms with E-state index < -0.39 is 12.2 Å². The zero-order chi connectivity index (χ0) is 22.2. The number of amides is 2. The molecule has 8 heteroatoms. The maximum Gasteiger partial charge on any atom is 0.414 e. The van der Waals surface area contributed by atoms with Crippen LogP contribution in [0.4, 0.5) is 10.5 Å². The van der Waals surface area contributed by atoms with Crippen molar-refractivity contribution in [3.8, 4) is 28.3 Å². The molecule has 0 radical (unpaired) electrons. The van der Waals surface area contributed by atoms with Gasteiger partial charge < -0.3 is 19.7 Å². The Balaban J connectivity index is 1.48. The minimum atomic E-state index is -0.438. The highest BCUT2D eigenvalue weighted by atomic mass is 16.6. The van der Waals surface area contributed by atoms with Crippen LogP contribution in [-0.4, -0.2) is 41.5 Å². The molecule has 1 unspecified atom stereocenters. The number of carbonyl (C=O) groups is 2. The van der Waals surface area contributed by atoms with Gasteiger partial charge in [0.1, 0.15) is 17.5 Å². The number of phenolic OH excluding ortho intramolecular Hbond substituents is 1. The summed E-state index contributed by atoms with van der Waals surface area (Å²) in [5.41, 5.74) is 5.28. The molecule has 1 aromatic heterocycles. The molecule has 2 N–H and O–H groups in total. The molecule has 0 saturated carbocycles. The van der Waals surface area contributed by atoms with Crippen LogP contribution in [0.1, 0.15) is 24.5 Å². The van der Waals surface area contributed by atoms with Gasteiger partial charge in [-0.25, -0.2) is 4.79 Å². The molecule has 3 aromatic rings. The molecule has 1 aliphatic heterocycles. The summed E-state index contributed by atoms with van der Waals surface area (Å²) in [6.45, 7) is 2.07. The van der Waals surface area contributed by atoms with Gasteiger partial charge >= 0.3 is 6.09 Å². The number of ether oxygens (including phenoxy) is 1. The zero-order valence-electron chi connectivity index (χ0n) is 17.6. The molecule has 1 saturated heterocycles. The molecule has 0 bridgehead atoms. The first-order valence-electron chi connectivity index (χ1n) is 10.6. The van der Waals surface area contributed by atoms with E-state index in [0.717, 1.165) is 47.2 Å². The van der Waals surface area contributed by atoms with Crippen LogP contribution in [0.2, 0.25) is 0 Å². The summed E-state index contributed by atoms with van der Waals surface area (Å²) >= 11 is 0. The van der Waals surface area contributed by atoms with Gasteiger partial charge in [-0.1, -0.05) is 23.4 Å². The fourth-order valence-electron chi connectivity index (χ4n) is 4.35. The van der Waals surface area contributed by atoms with E-state index in [1.165, 1.54) is 6.92 Å². The minimum Gasteiger partial charge on any atom is -0.508 e. The second-order valence-corrected chi connectivity index (χ2v) is 8.14. The lowest BCUT2D eigenvalue weighted by Crippen LogP contribution is -2.33. The van der Waals surface area contributed by atoms with Crippen LogP contribution in [0.5, 0.6) is 5.75 Å². The molecular weight excluding hydrogens is 410 g/mol. The number of cyclic esters (lactones) is 1. The standard InChI is InChI=1S/C24H23N3O5/c1-14(28)25-12-19-13-27(24(30)31-19)17-9-8-15-4-3-7-20-22(16-5-2-6-18(29)10-16)26-32-23(20)21(15)11-17/h2,5-6,8-11,19,29H,3-4,7,12-13H2,1H3,(H,25,28). The molecule has 5 rings (SSSR count). The summed E-state index contributed by atoms with van der Waals surface area (Å²) in [5.74, 6) is 0.710. The number of phenols is 1. The van der Waals surface area contributed by atoms with Crippen molar-refractivity contribution in [2.45, 2.75) is 32.3 Å². The highest BCUT2D eigenvalue weighted by Gasteiger charge is 2.33. The Kier molecular flexibility index (Phi) is 5.05. The minimum absolute atomic E-state index is 0.162. The summed E-state index contributed by atoms with van der Waals surface area (Å²) in [7, 11) is 0. The summed E-state index contributed by atoms with van der Waals surface area (Å²) < 4.78 is 11.2. The normalized spacial score (nSPS) is 17.3. The predicted octanol–water partition coefficient (Wildman–Crippen LogP) is 3.66.